The minimum Gasteiger partial charge on any atom is -0.493 e. The standard InChI is InChI=1S/C22H21F2NO7/c1-4-30-16-7-5-6-12-8-13(11-31-19(12)16)20(26)25-15-10-18(32-22(23)24)17(28-2)9-14(15)21(27)29-3/h5-10,22H,4,11H2,1-3H3,(H,25,26). The first-order valence-electron chi connectivity index (χ1n) is 9.53. The number of halogens is 2. The second-order valence-corrected chi connectivity index (χ2v) is 6.44. The number of hydrogen-bond donors (Lipinski definition) is 1. The number of rotatable bonds is 8. The molecular formula is C22H21F2NO7. The van der Waals surface area contributed by atoms with Gasteiger partial charge in [0, 0.05) is 17.7 Å². The monoisotopic (exact) mass is 449 g/mol. The molecule has 1 N–H and O–H groups in total. The summed E-state index contributed by atoms with van der Waals surface area (Å²) in [7, 11) is 2.37. The quantitative estimate of drug-likeness (QED) is 0.611. The van der Waals surface area contributed by atoms with Crippen molar-refractivity contribution in [2.45, 2.75) is 13.5 Å². The lowest BCUT2D eigenvalue weighted by atomic mass is 10.1. The van der Waals surface area contributed by atoms with Gasteiger partial charge in [0.25, 0.3) is 5.91 Å². The molecule has 0 aromatic heterocycles. The van der Waals surface area contributed by atoms with Crippen molar-refractivity contribution in [3.05, 3.63) is 47.0 Å². The first-order chi connectivity index (χ1) is 15.4. The summed E-state index contributed by atoms with van der Waals surface area (Å²) in [5, 5.41) is 2.53. The van der Waals surface area contributed by atoms with Crippen molar-refractivity contribution in [2.24, 2.45) is 0 Å². The Morgan fingerprint density at radius 3 is 2.59 bits per heavy atom. The van der Waals surface area contributed by atoms with Crippen molar-refractivity contribution in [1.82, 2.24) is 0 Å². The Kier molecular flexibility index (Phi) is 7.14. The molecule has 170 valence electrons. The van der Waals surface area contributed by atoms with Gasteiger partial charge >= 0.3 is 12.6 Å². The largest absolute Gasteiger partial charge is 0.493 e. The van der Waals surface area contributed by atoms with Crippen molar-refractivity contribution in [3.8, 4) is 23.0 Å². The SMILES string of the molecule is CCOc1cccc2c1OCC(C(=O)Nc1cc(OC(F)F)c(OC)cc1C(=O)OC)=C2. The van der Waals surface area contributed by atoms with Crippen LogP contribution < -0.4 is 24.3 Å². The second kappa shape index (κ2) is 9.99. The molecule has 1 aliphatic heterocycles. The van der Waals surface area contributed by atoms with E-state index in [0.717, 1.165) is 19.2 Å². The normalized spacial score (nSPS) is 12.2. The third-order valence-corrected chi connectivity index (χ3v) is 4.48. The Balaban J connectivity index is 1.94. The molecule has 0 radical (unpaired) electrons. The van der Waals surface area contributed by atoms with Crippen LogP contribution in [-0.2, 0) is 9.53 Å². The van der Waals surface area contributed by atoms with Crippen molar-refractivity contribution in [3.63, 3.8) is 0 Å². The zero-order valence-corrected chi connectivity index (χ0v) is 17.6. The van der Waals surface area contributed by atoms with E-state index in [9.17, 15) is 18.4 Å². The Labute approximate surface area is 182 Å². The Morgan fingerprint density at radius 2 is 1.94 bits per heavy atom. The predicted octanol–water partition coefficient (Wildman–Crippen LogP) is 3.90. The number of benzene rings is 2. The maximum atomic E-state index is 12.9. The maximum absolute atomic E-state index is 12.9. The lowest BCUT2D eigenvalue weighted by Crippen LogP contribution is -2.23. The van der Waals surface area contributed by atoms with Gasteiger partial charge in [0.15, 0.2) is 23.0 Å². The molecule has 0 spiro atoms. The molecule has 1 aliphatic rings. The molecule has 0 saturated heterocycles. The van der Waals surface area contributed by atoms with Gasteiger partial charge in [-0.1, -0.05) is 12.1 Å². The lowest BCUT2D eigenvalue weighted by molar-refractivity contribution is -0.113. The zero-order chi connectivity index (χ0) is 23.3. The van der Waals surface area contributed by atoms with Gasteiger partial charge in [0.05, 0.1) is 37.7 Å². The fourth-order valence-corrected chi connectivity index (χ4v) is 3.07. The molecule has 1 amide bonds. The number of alkyl halides is 2. The van der Waals surface area contributed by atoms with Gasteiger partial charge in [-0.15, -0.1) is 0 Å². The minimum absolute atomic E-state index is 0.0625. The van der Waals surface area contributed by atoms with Crippen LogP contribution in [-0.4, -0.2) is 45.9 Å². The first kappa shape index (κ1) is 22.9. The van der Waals surface area contributed by atoms with Gasteiger partial charge in [0.1, 0.15) is 6.61 Å². The van der Waals surface area contributed by atoms with E-state index in [-0.39, 0.29) is 34.9 Å². The highest BCUT2D eigenvalue weighted by Gasteiger charge is 2.24. The van der Waals surface area contributed by atoms with Crippen molar-refractivity contribution >= 4 is 23.6 Å². The van der Waals surface area contributed by atoms with E-state index in [1.165, 1.54) is 7.11 Å². The summed E-state index contributed by atoms with van der Waals surface area (Å²) in [5.41, 5.74) is 0.690. The highest BCUT2D eigenvalue weighted by molar-refractivity contribution is 6.10. The third kappa shape index (κ3) is 4.90. The molecule has 32 heavy (non-hydrogen) atoms. The average Bonchev–Trinajstić information content (AvgIpc) is 2.78. The molecule has 0 atom stereocenters. The summed E-state index contributed by atoms with van der Waals surface area (Å²) >= 11 is 0. The Hall–Kier alpha value is -3.82. The summed E-state index contributed by atoms with van der Waals surface area (Å²) in [6, 6.07) is 7.49. The molecular weight excluding hydrogens is 428 g/mol. The summed E-state index contributed by atoms with van der Waals surface area (Å²) in [6.45, 7) is -0.904. The first-order valence-corrected chi connectivity index (χ1v) is 9.53. The molecule has 2 aromatic carbocycles. The number of hydrogen-bond acceptors (Lipinski definition) is 7. The number of fused-ring (bicyclic) bond motifs is 1. The van der Waals surface area contributed by atoms with E-state index >= 15 is 0 Å². The summed E-state index contributed by atoms with van der Waals surface area (Å²) in [4.78, 5) is 25.1. The van der Waals surface area contributed by atoms with E-state index < -0.39 is 18.5 Å². The molecule has 10 heteroatoms. The van der Waals surface area contributed by atoms with E-state index in [0.29, 0.717) is 23.7 Å². The topological polar surface area (TPSA) is 92.3 Å². The molecule has 0 aliphatic carbocycles. The molecule has 0 bridgehead atoms. The number of amides is 1. The van der Waals surface area contributed by atoms with Crippen LogP contribution in [0.25, 0.3) is 6.08 Å². The maximum Gasteiger partial charge on any atom is 0.387 e. The van der Waals surface area contributed by atoms with Gasteiger partial charge in [-0.3, -0.25) is 4.79 Å². The highest BCUT2D eigenvalue weighted by atomic mass is 19.3. The number of methoxy groups -OCH3 is 2. The van der Waals surface area contributed by atoms with Crippen molar-refractivity contribution < 1.29 is 42.1 Å². The molecule has 0 unspecified atom stereocenters. The number of carbonyl (C=O) groups excluding carboxylic acids is 2. The molecule has 0 saturated carbocycles. The number of nitrogens with one attached hydrogen (secondary N) is 1. The van der Waals surface area contributed by atoms with Gasteiger partial charge in [-0.2, -0.15) is 8.78 Å². The van der Waals surface area contributed by atoms with E-state index in [4.69, 9.17) is 18.9 Å². The summed E-state index contributed by atoms with van der Waals surface area (Å²) < 4.78 is 51.0. The number of ether oxygens (including phenoxy) is 5. The minimum atomic E-state index is -3.14. The van der Waals surface area contributed by atoms with Crippen LogP contribution in [0.5, 0.6) is 23.0 Å². The van der Waals surface area contributed by atoms with Crippen LogP contribution in [0.15, 0.2) is 35.9 Å². The summed E-state index contributed by atoms with van der Waals surface area (Å²) in [6.07, 6.45) is 1.62. The smallest absolute Gasteiger partial charge is 0.387 e. The number of para-hydroxylation sites is 1. The average molecular weight is 449 g/mol. The van der Waals surface area contributed by atoms with E-state index in [1.807, 2.05) is 6.92 Å². The Bertz CT molecular complexity index is 1050. The van der Waals surface area contributed by atoms with Gasteiger partial charge in [-0.05, 0) is 19.1 Å². The fraction of sp³-hybridized carbons (Fsp3) is 0.273. The van der Waals surface area contributed by atoms with E-state index in [2.05, 4.69) is 10.1 Å². The number of carbonyl (C=O) groups is 2. The number of anilines is 1. The van der Waals surface area contributed by atoms with Crippen molar-refractivity contribution in [1.29, 1.82) is 0 Å². The van der Waals surface area contributed by atoms with Gasteiger partial charge in [-0.25, -0.2) is 4.79 Å². The number of esters is 1. The van der Waals surface area contributed by atoms with E-state index in [1.54, 1.807) is 24.3 Å². The molecule has 2 aromatic rings. The van der Waals surface area contributed by atoms with Gasteiger partial charge < -0.3 is 29.0 Å². The van der Waals surface area contributed by atoms with Crippen molar-refractivity contribution in [2.75, 3.05) is 32.8 Å². The molecule has 0 fully saturated rings. The molecule has 1 heterocycles. The van der Waals surface area contributed by atoms with Crippen LogP contribution in [0.3, 0.4) is 0 Å². The predicted molar refractivity (Wildman–Crippen MR) is 111 cm³/mol. The lowest BCUT2D eigenvalue weighted by Gasteiger charge is -2.21. The second-order valence-electron chi connectivity index (χ2n) is 6.44. The molecule has 8 nitrogen and oxygen atoms in total. The molecule has 3 rings (SSSR count). The summed E-state index contributed by atoms with van der Waals surface area (Å²) in [5.74, 6) is -0.818. The van der Waals surface area contributed by atoms with Crippen LogP contribution >= 0.6 is 0 Å². The van der Waals surface area contributed by atoms with Crippen LogP contribution in [0, 0.1) is 0 Å². The fourth-order valence-electron chi connectivity index (χ4n) is 3.07. The van der Waals surface area contributed by atoms with Crippen LogP contribution in [0.2, 0.25) is 0 Å². The van der Waals surface area contributed by atoms with Crippen LogP contribution in [0.4, 0.5) is 14.5 Å². The Morgan fingerprint density at radius 1 is 1.16 bits per heavy atom. The highest BCUT2D eigenvalue weighted by Crippen LogP contribution is 2.37. The van der Waals surface area contributed by atoms with Gasteiger partial charge in [0.2, 0.25) is 0 Å². The van der Waals surface area contributed by atoms with Crippen LogP contribution in [0.1, 0.15) is 22.8 Å². The zero-order valence-electron chi connectivity index (χ0n) is 17.6. The third-order valence-electron chi connectivity index (χ3n) is 4.48.